The van der Waals surface area contributed by atoms with E-state index in [2.05, 4.69) is 17.2 Å². The molecular formula is C23H25FN2O2. The zero-order chi connectivity index (χ0) is 20.1. The van der Waals surface area contributed by atoms with Gasteiger partial charge in [-0.15, -0.1) is 0 Å². The Labute approximate surface area is 165 Å². The van der Waals surface area contributed by atoms with Crippen molar-refractivity contribution in [3.63, 3.8) is 0 Å². The summed E-state index contributed by atoms with van der Waals surface area (Å²) in [4.78, 5) is 12.6. The number of rotatable bonds is 6. The van der Waals surface area contributed by atoms with Gasteiger partial charge in [-0.25, -0.2) is 4.39 Å². The Hall–Kier alpha value is -2.92. The fourth-order valence-corrected chi connectivity index (χ4v) is 3.24. The lowest BCUT2D eigenvalue weighted by molar-refractivity contribution is 0.102. The van der Waals surface area contributed by atoms with Gasteiger partial charge >= 0.3 is 0 Å². The molecule has 0 aliphatic carbocycles. The maximum absolute atomic E-state index is 14.6. The van der Waals surface area contributed by atoms with Crippen LogP contribution >= 0.6 is 0 Å². The van der Waals surface area contributed by atoms with Crippen LogP contribution in [-0.4, -0.2) is 26.1 Å². The highest BCUT2D eigenvalue weighted by Crippen LogP contribution is 2.30. The Morgan fingerprint density at radius 2 is 2.11 bits per heavy atom. The molecule has 2 aromatic rings. The van der Waals surface area contributed by atoms with Crippen molar-refractivity contribution in [1.82, 2.24) is 5.32 Å². The lowest BCUT2D eigenvalue weighted by Gasteiger charge is -2.15. The molecule has 0 saturated carbocycles. The van der Waals surface area contributed by atoms with Gasteiger partial charge in [-0.1, -0.05) is 25.6 Å². The van der Waals surface area contributed by atoms with Crippen LogP contribution in [0.5, 0.6) is 5.75 Å². The second-order valence-corrected chi connectivity index (χ2v) is 6.70. The van der Waals surface area contributed by atoms with Gasteiger partial charge in [0.1, 0.15) is 11.6 Å². The molecule has 0 saturated heterocycles. The van der Waals surface area contributed by atoms with E-state index < -0.39 is 0 Å². The van der Waals surface area contributed by atoms with Crippen molar-refractivity contribution in [3.05, 3.63) is 71.6 Å². The molecule has 5 heteroatoms. The van der Waals surface area contributed by atoms with Gasteiger partial charge in [-0.2, -0.15) is 0 Å². The van der Waals surface area contributed by atoms with E-state index >= 15 is 0 Å². The van der Waals surface area contributed by atoms with Gasteiger partial charge in [0.05, 0.1) is 7.11 Å². The number of allylic oxidation sites excluding steroid dienone is 1. The van der Waals surface area contributed by atoms with Gasteiger partial charge in [-0.3, -0.25) is 4.79 Å². The van der Waals surface area contributed by atoms with Crippen LogP contribution in [0.3, 0.4) is 0 Å². The minimum absolute atomic E-state index is 0.275. The second-order valence-electron chi connectivity index (χ2n) is 6.70. The van der Waals surface area contributed by atoms with E-state index in [-0.39, 0.29) is 17.3 Å². The lowest BCUT2D eigenvalue weighted by Crippen LogP contribution is -2.20. The summed E-state index contributed by atoms with van der Waals surface area (Å²) in [7, 11) is 1.58. The minimum atomic E-state index is -0.382. The van der Waals surface area contributed by atoms with Gasteiger partial charge in [0.15, 0.2) is 0 Å². The van der Waals surface area contributed by atoms with E-state index in [4.69, 9.17) is 4.74 Å². The first-order valence-corrected chi connectivity index (χ1v) is 9.40. The van der Waals surface area contributed by atoms with Gasteiger partial charge < -0.3 is 15.4 Å². The van der Waals surface area contributed by atoms with Gasteiger partial charge in [0.2, 0.25) is 0 Å². The molecule has 4 nitrogen and oxygen atoms in total. The third-order valence-corrected chi connectivity index (χ3v) is 4.91. The quantitative estimate of drug-likeness (QED) is 0.750. The average Bonchev–Trinajstić information content (AvgIpc) is 2.73. The first-order chi connectivity index (χ1) is 13.5. The van der Waals surface area contributed by atoms with E-state index in [0.29, 0.717) is 17.0 Å². The number of hydrogen-bond acceptors (Lipinski definition) is 3. The number of carbonyl (C=O) groups is 1. The zero-order valence-electron chi connectivity index (χ0n) is 16.3. The summed E-state index contributed by atoms with van der Waals surface area (Å²) in [5.74, 6) is -0.106. The summed E-state index contributed by atoms with van der Waals surface area (Å²) >= 11 is 0. The predicted octanol–water partition coefficient (Wildman–Crippen LogP) is 4.89. The number of anilines is 1. The monoisotopic (exact) mass is 380 g/mol. The van der Waals surface area contributed by atoms with Crippen molar-refractivity contribution in [2.45, 2.75) is 19.8 Å². The molecule has 0 unspecified atom stereocenters. The first-order valence-electron chi connectivity index (χ1n) is 9.40. The number of nitrogens with one attached hydrogen (secondary N) is 2. The minimum Gasteiger partial charge on any atom is -0.496 e. The lowest BCUT2D eigenvalue weighted by atomic mass is 9.98. The van der Waals surface area contributed by atoms with Crippen molar-refractivity contribution in [1.29, 1.82) is 0 Å². The smallest absolute Gasteiger partial charge is 0.255 e. The molecule has 1 amide bonds. The van der Waals surface area contributed by atoms with Crippen molar-refractivity contribution < 1.29 is 13.9 Å². The molecule has 3 rings (SSSR count). The molecular weight excluding hydrogens is 355 g/mol. The molecule has 0 spiro atoms. The number of amides is 1. The molecule has 0 radical (unpaired) electrons. The number of halogens is 1. The fourth-order valence-electron chi connectivity index (χ4n) is 3.24. The maximum Gasteiger partial charge on any atom is 0.255 e. The van der Waals surface area contributed by atoms with Crippen molar-refractivity contribution in [2.75, 3.05) is 25.5 Å². The third kappa shape index (κ3) is 4.31. The summed E-state index contributed by atoms with van der Waals surface area (Å²) < 4.78 is 20.0. The standard InChI is InChI=1S/C23H25FN2O2/c1-4-15(2)19-8-6-18(14-22(19)28-3)26-23(27)17-5-7-20(21(24)13-17)16-9-11-25-12-10-16/h5-9,13-14,25H,2,4,10-12H2,1,3H3,(H,26,27). The van der Waals surface area contributed by atoms with Crippen LogP contribution in [0.4, 0.5) is 10.1 Å². The molecule has 1 aliphatic rings. The van der Waals surface area contributed by atoms with Crippen molar-refractivity contribution >= 4 is 22.7 Å². The zero-order valence-corrected chi connectivity index (χ0v) is 16.3. The molecule has 1 aliphatic heterocycles. The highest BCUT2D eigenvalue weighted by Gasteiger charge is 2.15. The van der Waals surface area contributed by atoms with Crippen LogP contribution in [0.25, 0.3) is 11.1 Å². The molecule has 0 fully saturated rings. The van der Waals surface area contributed by atoms with Crippen LogP contribution in [0.1, 0.15) is 41.3 Å². The van der Waals surface area contributed by atoms with Gasteiger partial charge in [0, 0.05) is 35.0 Å². The molecule has 146 valence electrons. The molecule has 28 heavy (non-hydrogen) atoms. The van der Waals surface area contributed by atoms with E-state index in [1.807, 2.05) is 19.1 Å². The van der Waals surface area contributed by atoms with Crippen LogP contribution in [-0.2, 0) is 0 Å². The average molecular weight is 380 g/mol. The molecule has 0 atom stereocenters. The first kappa shape index (κ1) is 19.8. The van der Waals surface area contributed by atoms with Gasteiger partial charge in [-0.05, 0) is 54.8 Å². The Morgan fingerprint density at radius 3 is 2.75 bits per heavy atom. The molecule has 0 bridgehead atoms. The second kappa shape index (κ2) is 8.85. The summed E-state index contributed by atoms with van der Waals surface area (Å²) in [5, 5.41) is 6.01. The maximum atomic E-state index is 14.6. The third-order valence-electron chi connectivity index (χ3n) is 4.91. The summed E-state index contributed by atoms with van der Waals surface area (Å²) in [6.45, 7) is 7.62. The number of benzene rings is 2. The number of methoxy groups -OCH3 is 1. The van der Waals surface area contributed by atoms with E-state index in [1.165, 1.54) is 6.07 Å². The highest BCUT2D eigenvalue weighted by atomic mass is 19.1. The summed E-state index contributed by atoms with van der Waals surface area (Å²) in [6, 6.07) is 10.0. The highest BCUT2D eigenvalue weighted by molar-refractivity contribution is 6.04. The van der Waals surface area contributed by atoms with Crippen LogP contribution in [0, 0.1) is 5.82 Å². The summed E-state index contributed by atoms with van der Waals surface area (Å²) in [6.07, 6.45) is 3.57. The van der Waals surface area contributed by atoms with E-state index in [0.717, 1.165) is 42.6 Å². The normalized spacial score (nSPS) is 13.6. The van der Waals surface area contributed by atoms with Crippen molar-refractivity contribution in [2.24, 2.45) is 0 Å². The molecule has 1 heterocycles. The summed E-state index contributed by atoms with van der Waals surface area (Å²) in [5.41, 5.74) is 4.26. The molecule has 2 aromatic carbocycles. The van der Waals surface area contributed by atoms with E-state index in [1.54, 1.807) is 31.4 Å². The Morgan fingerprint density at radius 1 is 1.29 bits per heavy atom. The molecule has 0 aromatic heterocycles. The van der Waals surface area contributed by atoms with E-state index in [9.17, 15) is 9.18 Å². The Balaban J connectivity index is 1.78. The predicted molar refractivity (Wildman–Crippen MR) is 112 cm³/mol. The number of carbonyl (C=O) groups excluding carboxylic acids is 1. The fraction of sp³-hybridized carbons (Fsp3) is 0.261. The Bertz CT molecular complexity index is 934. The SMILES string of the molecule is C=C(CC)c1ccc(NC(=O)c2ccc(C3=CCNCC3)c(F)c2)cc1OC. The number of ether oxygens (including phenoxy) is 1. The van der Waals surface area contributed by atoms with Crippen LogP contribution in [0.15, 0.2) is 49.1 Å². The van der Waals surface area contributed by atoms with Crippen LogP contribution in [0.2, 0.25) is 0 Å². The topological polar surface area (TPSA) is 50.4 Å². The molecule has 2 N–H and O–H groups in total. The van der Waals surface area contributed by atoms with Gasteiger partial charge in [0.25, 0.3) is 5.91 Å². The number of hydrogen-bond donors (Lipinski definition) is 2. The van der Waals surface area contributed by atoms with Crippen LogP contribution < -0.4 is 15.4 Å². The largest absolute Gasteiger partial charge is 0.496 e. The Kier molecular flexibility index (Phi) is 6.26. The van der Waals surface area contributed by atoms with Crippen molar-refractivity contribution in [3.8, 4) is 5.75 Å².